The van der Waals surface area contributed by atoms with Gasteiger partial charge in [0.25, 0.3) is 0 Å². The molecule has 0 spiro atoms. The summed E-state index contributed by atoms with van der Waals surface area (Å²) in [4.78, 5) is 14.8. The molecule has 0 saturated carbocycles. The maximum absolute atomic E-state index is 7.12. The molecule has 3 aromatic rings. The maximum atomic E-state index is 7.12. The van der Waals surface area contributed by atoms with E-state index in [0.29, 0.717) is 30.6 Å². The summed E-state index contributed by atoms with van der Waals surface area (Å²) in [5.74, 6) is 0. The van der Waals surface area contributed by atoms with E-state index in [1.54, 1.807) is 23.7 Å². The third kappa shape index (κ3) is 5.20. The standard InChI is InChI=1S/C24H27ClN8S/c1-27-7-6-16-9-19-17(12-29-33(24(26)34)14-18-5-4-8-31(18)2)10-22(23-13-28-15-32(23)3)30-21(19)11-20(16)25/h9-13,15,18H,4-8,14H2,2-3H3,(H2,26,34)/b29-12+/t18-/m0/s1. The summed E-state index contributed by atoms with van der Waals surface area (Å²) < 4.78 is 1.91. The molecular weight excluding hydrogens is 468 g/mol. The number of fused-ring (bicyclic) bond motifs is 1. The minimum Gasteiger partial charge on any atom is -0.375 e. The number of likely N-dealkylation sites (N-methyl/N-ethyl adjacent to an activating group) is 1. The summed E-state index contributed by atoms with van der Waals surface area (Å²) >= 11 is 11.8. The number of nitrogens with two attached hydrogens (primary N) is 1. The summed E-state index contributed by atoms with van der Waals surface area (Å²) in [6.07, 6.45) is 8.13. The van der Waals surface area contributed by atoms with Crippen molar-refractivity contribution in [1.29, 1.82) is 0 Å². The predicted octanol–water partition coefficient (Wildman–Crippen LogP) is 3.72. The largest absolute Gasteiger partial charge is 0.375 e. The first-order chi connectivity index (χ1) is 16.4. The van der Waals surface area contributed by atoms with E-state index >= 15 is 0 Å². The van der Waals surface area contributed by atoms with Gasteiger partial charge in [0.2, 0.25) is 6.54 Å². The fraction of sp³-hybridized carbons (Fsp3) is 0.375. The molecule has 1 atom stereocenters. The Kier molecular flexibility index (Phi) is 7.41. The number of likely N-dealkylation sites (tertiary alicyclic amines) is 1. The Morgan fingerprint density at radius 3 is 2.88 bits per heavy atom. The summed E-state index contributed by atoms with van der Waals surface area (Å²) in [5.41, 5.74) is 10.2. The van der Waals surface area contributed by atoms with Gasteiger partial charge in [0.15, 0.2) is 5.11 Å². The van der Waals surface area contributed by atoms with Gasteiger partial charge in [-0.2, -0.15) is 5.10 Å². The van der Waals surface area contributed by atoms with Crippen LogP contribution in [0.25, 0.3) is 27.1 Å². The van der Waals surface area contributed by atoms with Gasteiger partial charge in [-0.15, -0.1) is 0 Å². The monoisotopic (exact) mass is 494 g/mol. The second-order valence-electron chi connectivity index (χ2n) is 8.52. The molecule has 0 aliphatic carbocycles. The molecule has 1 aliphatic heterocycles. The average molecular weight is 495 g/mol. The smallest absolute Gasteiger partial charge is 0.218 e. The van der Waals surface area contributed by atoms with Crippen LogP contribution in [0.4, 0.5) is 0 Å². The SMILES string of the molecule is [C-]#[N+]CCc1cc2c(/C=N/N(C[C@@H]3CCCN3C)C(N)=S)cc(-c3cncn3C)nc2cc1Cl. The lowest BCUT2D eigenvalue weighted by atomic mass is 10.0. The molecular formula is C24H27ClN8S. The Labute approximate surface area is 209 Å². The van der Waals surface area contributed by atoms with Gasteiger partial charge in [-0.25, -0.2) is 21.5 Å². The zero-order valence-electron chi connectivity index (χ0n) is 19.3. The summed E-state index contributed by atoms with van der Waals surface area (Å²) in [5, 5.41) is 8.11. The molecule has 2 aromatic heterocycles. The van der Waals surface area contributed by atoms with Crippen LogP contribution in [0.15, 0.2) is 35.8 Å². The zero-order chi connectivity index (χ0) is 24.2. The van der Waals surface area contributed by atoms with E-state index < -0.39 is 0 Å². The number of imidazole rings is 1. The van der Waals surface area contributed by atoms with E-state index in [4.69, 9.17) is 41.1 Å². The van der Waals surface area contributed by atoms with Crippen LogP contribution in [0.1, 0.15) is 24.0 Å². The number of hydrogen-bond donors (Lipinski definition) is 1. The third-order valence-corrected chi connectivity index (χ3v) is 6.79. The Morgan fingerprint density at radius 1 is 1.41 bits per heavy atom. The highest BCUT2D eigenvalue weighted by atomic mass is 35.5. The molecule has 4 rings (SSSR count). The molecule has 0 amide bonds. The molecule has 8 nitrogen and oxygen atoms in total. The average Bonchev–Trinajstić information content (AvgIpc) is 3.42. The normalized spacial score (nSPS) is 16.4. The molecule has 10 heteroatoms. The van der Waals surface area contributed by atoms with E-state index in [9.17, 15) is 0 Å². The van der Waals surface area contributed by atoms with E-state index in [2.05, 4.69) is 26.9 Å². The summed E-state index contributed by atoms with van der Waals surface area (Å²) in [6.45, 7) is 9.20. The summed E-state index contributed by atoms with van der Waals surface area (Å²) in [7, 11) is 4.04. The first-order valence-electron chi connectivity index (χ1n) is 11.1. The van der Waals surface area contributed by atoms with Crippen molar-refractivity contribution in [3.8, 4) is 11.4 Å². The number of pyridine rings is 1. The van der Waals surface area contributed by atoms with Crippen LogP contribution in [0.5, 0.6) is 0 Å². The van der Waals surface area contributed by atoms with Crippen LogP contribution in [-0.4, -0.2) is 68.5 Å². The molecule has 1 saturated heterocycles. The highest BCUT2D eigenvalue weighted by Gasteiger charge is 2.24. The van der Waals surface area contributed by atoms with Gasteiger partial charge >= 0.3 is 0 Å². The zero-order valence-corrected chi connectivity index (χ0v) is 20.9. The van der Waals surface area contributed by atoms with E-state index in [1.807, 2.05) is 29.8 Å². The van der Waals surface area contributed by atoms with Crippen LogP contribution in [0.3, 0.4) is 0 Å². The predicted molar refractivity (Wildman–Crippen MR) is 141 cm³/mol. The van der Waals surface area contributed by atoms with Crippen LogP contribution >= 0.6 is 23.8 Å². The topological polar surface area (TPSA) is 79.9 Å². The maximum Gasteiger partial charge on any atom is 0.218 e. The molecule has 0 unspecified atom stereocenters. The van der Waals surface area contributed by atoms with Crippen molar-refractivity contribution in [1.82, 2.24) is 24.4 Å². The highest BCUT2D eigenvalue weighted by Crippen LogP contribution is 2.29. The van der Waals surface area contributed by atoms with Crippen LogP contribution in [0.2, 0.25) is 5.02 Å². The molecule has 1 aliphatic rings. The Bertz CT molecular complexity index is 1280. The molecule has 1 aromatic carbocycles. The second kappa shape index (κ2) is 10.5. The van der Waals surface area contributed by atoms with Crippen LogP contribution in [-0.2, 0) is 13.5 Å². The van der Waals surface area contributed by atoms with Gasteiger partial charge in [-0.1, -0.05) is 11.6 Å². The number of aromatic nitrogens is 3. The lowest BCUT2D eigenvalue weighted by Gasteiger charge is -2.25. The molecule has 3 heterocycles. The number of rotatable bonds is 7. The molecule has 0 bridgehead atoms. The minimum absolute atomic E-state index is 0.238. The highest BCUT2D eigenvalue weighted by molar-refractivity contribution is 7.80. The van der Waals surface area contributed by atoms with Crippen molar-refractivity contribution >= 4 is 46.0 Å². The number of nitrogens with zero attached hydrogens (tertiary/aromatic N) is 7. The molecule has 2 N–H and O–H groups in total. The van der Waals surface area contributed by atoms with Crippen LogP contribution < -0.4 is 5.73 Å². The van der Waals surface area contributed by atoms with Crippen molar-refractivity contribution in [2.24, 2.45) is 17.9 Å². The molecule has 1 fully saturated rings. The minimum atomic E-state index is 0.238. The van der Waals surface area contributed by atoms with E-state index in [-0.39, 0.29) is 5.11 Å². The van der Waals surface area contributed by atoms with Gasteiger partial charge in [0.05, 0.1) is 42.2 Å². The fourth-order valence-electron chi connectivity index (χ4n) is 4.26. The van der Waals surface area contributed by atoms with E-state index in [0.717, 1.165) is 52.8 Å². The van der Waals surface area contributed by atoms with Crippen molar-refractivity contribution in [3.63, 3.8) is 0 Å². The fourth-order valence-corrected chi connectivity index (χ4v) is 4.64. The van der Waals surface area contributed by atoms with Gasteiger partial charge in [0.1, 0.15) is 0 Å². The van der Waals surface area contributed by atoms with Gasteiger partial charge in [0, 0.05) is 35.5 Å². The van der Waals surface area contributed by atoms with E-state index in [1.165, 1.54) is 0 Å². The van der Waals surface area contributed by atoms with Crippen LogP contribution in [0, 0.1) is 6.57 Å². The third-order valence-electron chi connectivity index (χ3n) is 6.23. The summed E-state index contributed by atoms with van der Waals surface area (Å²) in [6, 6.07) is 6.19. The second-order valence-corrected chi connectivity index (χ2v) is 9.35. The van der Waals surface area contributed by atoms with Crippen molar-refractivity contribution in [3.05, 3.63) is 58.3 Å². The Morgan fingerprint density at radius 2 is 2.24 bits per heavy atom. The number of aryl methyl sites for hydroxylation is 1. The first-order valence-corrected chi connectivity index (χ1v) is 11.9. The Balaban J connectivity index is 1.78. The number of halogens is 1. The number of thiocarbonyl (C=S) groups is 1. The van der Waals surface area contributed by atoms with Gasteiger partial charge in [-0.05, 0) is 62.4 Å². The first kappa shape index (κ1) is 24.1. The lowest BCUT2D eigenvalue weighted by Crippen LogP contribution is -2.41. The number of benzene rings is 1. The lowest BCUT2D eigenvalue weighted by molar-refractivity contribution is 0.256. The van der Waals surface area contributed by atoms with Gasteiger partial charge in [-0.3, -0.25) is 0 Å². The number of hydrazone groups is 1. The molecule has 176 valence electrons. The quantitative estimate of drug-likeness (QED) is 0.233. The van der Waals surface area contributed by atoms with Gasteiger partial charge < -0.3 is 20.0 Å². The van der Waals surface area contributed by atoms with Crippen molar-refractivity contribution in [2.75, 3.05) is 26.7 Å². The molecule has 34 heavy (non-hydrogen) atoms. The van der Waals surface area contributed by atoms with Crippen molar-refractivity contribution < 1.29 is 0 Å². The van der Waals surface area contributed by atoms with Crippen molar-refractivity contribution in [2.45, 2.75) is 25.3 Å². The Hall–Kier alpha value is -3.06. The molecule has 0 radical (unpaired) electrons. The number of hydrogen-bond acceptors (Lipinski definition) is 5.